The van der Waals surface area contributed by atoms with Crippen molar-refractivity contribution in [2.24, 2.45) is 0 Å². The number of para-hydroxylation sites is 1. The Balaban J connectivity index is 2.87. The highest BCUT2D eigenvalue weighted by Crippen LogP contribution is 2.14. The predicted octanol–water partition coefficient (Wildman–Crippen LogP) is 1.51. The third-order valence-electron chi connectivity index (χ3n) is 1.38. The van der Waals surface area contributed by atoms with Gasteiger partial charge < -0.3 is 10.4 Å². The highest BCUT2D eigenvalue weighted by Gasteiger charge is 2.07. The predicted molar refractivity (Wildman–Crippen MR) is 54.5 cm³/mol. The number of hydrogen-bond acceptors (Lipinski definition) is 2. The second kappa shape index (κ2) is 4.30. The number of carbonyl (C=O) groups excluding carboxylic acids is 1. The van der Waals surface area contributed by atoms with Crippen LogP contribution < -0.4 is 5.32 Å². The summed E-state index contributed by atoms with van der Waals surface area (Å²) < 4.78 is 0.533. The lowest BCUT2D eigenvalue weighted by Gasteiger charge is -2.02. The van der Waals surface area contributed by atoms with E-state index in [-0.39, 0.29) is 11.7 Å². The van der Waals surface area contributed by atoms with Crippen molar-refractivity contribution in [3.05, 3.63) is 29.8 Å². The number of rotatable bonds is 2. The first kappa shape index (κ1) is 9.31. The molecule has 0 aliphatic rings. The molecule has 0 heterocycles. The van der Waals surface area contributed by atoms with Crippen LogP contribution in [-0.4, -0.2) is 15.6 Å². The molecule has 1 aromatic rings. The van der Waals surface area contributed by atoms with Crippen LogP contribution in [0, 0.1) is 0 Å². The van der Waals surface area contributed by atoms with Crippen molar-refractivity contribution < 1.29 is 9.90 Å². The van der Waals surface area contributed by atoms with Crippen LogP contribution >= 0.6 is 22.6 Å². The highest BCUT2D eigenvalue weighted by molar-refractivity contribution is 14.1. The van der Waals surface area contributed by atoms with E-state index >= 15 is 0 Å². The van der Waals surface area contributed by atoms with Gasteiger partial charge >= 0.3 is 0 Å². The lowest BCUT2D eigenvalue weighted by molar-refractivity contribution is 0.0959. The first-order chi connectivity index (χ1) is 5.75. The molecular formula is C8H8INO2. The average molecular weight is 277 g/mol. The minimum atomic E-state index is -0.248. The molecule has 0 fully saturated rings. The number of halogens is 1. The van der Waals surface area contributed by atoms with Gasteiger partial charge in [0.25, 0.3) is 5.91 Å². The van der Waals surface area contributed by atoms with Gasteiger partial charge in [-0.3, -0.25) is 4.79 Å². The van der Waals surface area contributed by atoms with E-state index in [4.69, 9.17) is 0 Å². The second-order valence-electron chi connectivity index (χ2n) is 2.16. The summed E-state index contributed by atoms with van der Waals surface area (Å²) in [4.78, 5) is 11.2. The molecule has 3 nitrogen and oxygen atoms in total. The summed E-state index contributed by atoms with van der Waals surface area (Å²) in [5, 5.41) is 11.8. The van der Waals surface area contributed by atoms with E-state index in [0.29, 0.717) is 10.1 Å². The van der Waals surface area contributed by atoms with Crippen LogP contribution in [0.5, 0.6) is 5.75 Å². The third-order valence-corrected chi connectivity index (χ3v) is 1.76. The van der Waals surface area contributed by atoms with Gasteiger partial charge in [0.2, 0.25) is 0 Å². The highest BCUT2D eigenvalue weighted by atomic mass is 127. The van der Waals surface area contributed by atoms with E-state index < -0.39 is 0 Å². The molecule has 0 aromatic heterocycles. The number of amides is 1. The van der Waals surface area contributed by atoms with Crippen molar-refractivity contribution >= 4 is 28.5 Å². The fraction of sp³-hybridized carbons (Fsp3) is 0.125. The summed E-state index contributed by atoms with van der Waals surface area (Å²) in [6.45, 7) is 0. The van der Waals surface area contributed by atoms with Crippen molar-refractivity contribution in [2.45, 2.75) is 0 Å². The van der Waals surface area contributed by atoms with Crippen molar-refractivity contribution in [2.75, 3.05) is 4.55 Å². The van der Waals surface area contributed by atoms with Gasteiger partial charge in [-0.2, -0.15) is 0 Å². The standard InChI is InChI=1S/C8H8INO2/c9-5-10-8(12)6-3-1-2-4-7(6)11/h1-4,11H,5H2,(H,10,12). The van der Waals surface area contributed by atoms with E-state index in [0.717, 1.165) is 0 Å². The Hall–Kier alpha value is -0.780. The van der Waals surface area contributed by atoms with Gasteiger partial charge in [0, 0.05) is 0 Å². The smallest absolute Gasteiger partial charge is 0.255 e. The molecule has 1 rings (SSSR count). The lowest BCUT2D eigenvalue weighted by atomic mass is 10.2. The van der Waals surface area contributed by atoms with E-state index in [1.54, 1.807) is 18.2 Å². The largest absolute Gasteiger partial charge is 0.507 e. The number of phenols is 1. The molecule has 64 valence electrons. The molecule has 2 N–H and O–H groups in total. The number of alkyl halides is 1. The minimum absolute atomic E-state index is 0.0138. The van der Waals surface area contributed by atoms with Gasteiger partial charge in [-0.25, -0.2) is 0 Å². The first-order valence-corrected chi connectivity index (χ1v) is 4.90. The van der Waals surface area contributed by atoms with Gasteiger partial charge in [0.05, 0.1) is 10.1 Å². The molecule has 0 aliphatic heterocycles. The van der Waals surface area contributed by atoms with Crippen LogP contribution in [0.15, 0.2) is 24.3 Å². The minimum Gasteiger partial charge on any atom is -0.507 e. The maximum Gasteiger partial charge on any atom is 0.255 e. The van der Waals surface area contributed by atoms with Crippen molar-refractivity contribution in [1.29, 1.82) is 0 Å². The molecule has 0 aliphatic carbocycles. The van der Waals surface area contributed by atoms with Crippen LogP contribution in [0.1, 0.15) is 10.4 Å². The van der Waals surface area contributed by atoms with Crippen molar-refractivity contribution in [3.8, 4) is 5.75 Å². The summed E-state index contributed by atoms with van der Waals surface area (Å²) in [5.41, 5.74) is 0.314. The topological polar surface area (TPSA) is 49.3 Å². The normalized spacial score (nSPS) is 9.42. The summed E-state index contributed by atoms with van der Waals surface area (Å²) in [5.74, 6) is -0.234. The molecule has 1 amide bonds. The quantitative estimate of drug-likeness (QED) is 0.489. The van der Waals surface area contributed by atoms with Crippen LogP contribution in [0.4, 0.5) is 0 Å². The number of hydrogen-bond donors (Lipinski definition) is 2. The van der Waals surface area contributed by atoms with Gasteiger partial charge in [0.15, 0.2) is 0 Å². The zero-order valence-corrected chi connectivity index (χ0v) is 8.41. The molecule has 0 spiro atoms. The third kappa shape index (κ3) is 2.10. The summed E-state index contributed by atoms with van der Waals surface area (Å²) in [6, 6.07) is 6.46. The molecule has 12 heavy (non-hydrogen) atoms. The van der Waals surface area contributed by atoms with Gasteiger partial charge in [-0.15, -0.1) is 0 Å². The Kier molecular flexibility index (Phi) is 3.33. The molecule has 1 aromatic carbocycles. The Morgan fingerprint density at radius 1 is 1.50 bits per heavy atom. The molecule has 0 saturated carbocycles. The summed E-state index contributed by atoms with van der Waals surface area (Å²) in [7, 11) is 0. The molecule has 0 radical (unpaired) electrons. The fourth-order valence-electron chi connectivity index (χ4n) is 0.822. The van der Waals surface area contributed by atoms with Gasteiger partial charge in [-0.1, -0.05) is 34.7 Å². The van der Waals surface area contributed by atoms with Crippen LogP contribution in [0.25, 0.3) is 0 Å². The molecule has 0 atom stereocenters. The van der Waals surface area contributed by atoms with Crippen LogP contribution in [-0.2, 0) is 0 Å². The Morgan fingerprint density at radius 3 is 2.75 bits per heavy atom. The average Bonchev–Trinajstić information content (AvgIpc) is 2.05. The molecule has 0 saturated heterocycles. The fourth-order valence-corrected chi connectivity index (χ4v) is 1.17. The summed E-state index contributed by atoms with van der Waals surface area (Å²) >= 11 is 2.03. The van der Waals surface area contributed by atoms with E-state index in [2.05, 4.69) is 5.32 Å². The second-order valence-corrected chi connectivity index (χ2v) is 2.92. The Bertz CT molecular complexity index is 288. The number of aromatic hydroxyl groups is 1. The van der Waals surface area contributed by atoms with E-state index in [1.807, 2.05) is 22.6 Å². The molecule has 0 bridgehead atoms. The number of benzene rings is 1. The zero-order chi connectivity index (χ0) is 8.97. The maximum absolute atomic E-state index is 11.2. The number of carbonyl (C=O) groups is 1. The van der Waals surface area contributed by atoms with Crippen molar-refractivity contribution in [1.82, 2.24) is 5.32 Å². The maximum atomic E-state index is 11.2. The molecular weight excluding hydrogens is 269 g/mol. The van der Waals surface area contributed by atoms with Crippen molar-refractivity contribution in [3.63, 3.8) is 0 Å². The van der Waals surface area contributed by atoms with Crippen LogP contribution in [0.2, 0.25) is 0 Å². The van der Waals surface area contributed by atoms with E-state index in [9.17, 15) is 9.90 Å². The number of phenolic OH excluding ortho intramolecular Hbond substituents is 1. The Labute approximate surface area is 83.9 Å². The Morgan fingerprint density at radius 2 is 2.17 bits per heavy atom. The van der Waals surface area contributed by atoms with Crippen LogP contribution in [0.3, 0.4) is 0 Å². The molecule has 0 unspecified atom stereocenters. The van der Waals surface area contributed by atoms with Gasteiger partial charge in [0.1, 0.15) is 5.75 Å². The first-order valence-electron chi connectivity index (χ1n) is 3.38. The number of nitrogens with one attached hydrogen (secondary N) is 1. The van der Waals surface area contributed by atoms with E-state index in [1.165, 1.54) is 6.07 Å². The zero-order valence-electron chi connectivity index (χ0n) is 6.25. The summed E-state index contributed by atoms with van der Waals surface area (Å²) in [6.07, 6.45) is 0. The SMILES string of the molecule is O=C(NCI)c1ccccc1O. The monoisotopic (exact) mass is 277 g/mol. The lowest BCUT2D eigenvalue weighted by Crippen LogP contribution is -2.21. The van der Waals surface area contributed by atoms with Gasteiger partial charge in [-0.05, 0) is 12.1 Å². The molecule has 4 heteroatoms.